The molecule has 7 rings (SSSR count). The monoisotopic (exact) mass is 487 g/mol. The van der Waals surface area contributed by atoms with Gasteiger partial charge in [-0.1, -0.05) is 67.8 Å². The number of rotatable bonds is 8. The summed E-state index contributed by atoms with van der Waals surface area (Å²) in [4.78, 5) is 4.73. The standard InChI is InChI=1S/C31H39N2O3/c34-31(26-10-4-1-5-11-26,27-12-6-2-7-13-27)30-32-20-29(36-30)22-33-18-16-24(17-19-33)25(21-33)23-35-28-14-8-3-9-15-28/h1,3-5,8-11,14-15,20,24-25,27,34H,2,6-7,12-13,16-19,21-23H2/q+1/t24?,25-,31+,33?/m1/s1. The lowest BCUT2D eigenvalue weighted by Gasteiger charge is -2.52. The molecule has 0 spiro atoms. The number of aromatic nitrogens is 1. The van der Waals surface area contributed by atoms with E-state index in [9.17, 15) is 5.11 Å². The highest BCUT2D eigenvalue weighted by Crippen LogP contribution is 2.44. The van der Waals surface area contributed by atoms with Gasteiger partial charge in [-0.05, 0) is 36.5 Å². The molecule has 5 nitrogen and oxygen atoms in total. The average molecular weight is 488 g/mol. The van der Waals surface area contributed by atoms with Crippen LogP contribution in [0.25, 0.3) is 0 Å². The van der Waals surface area contributed by atoms with Crippen LogP contribution in [0.1, 0.15) is 62.2 Å². The topological polar surface area (TPSA) is 55.5 Å². The minimum absolute atomic E-state index is 0.137. The SMILES string of the molecule is O[C@](c1ccccc1)(c1ncc(C[N+]23CCC(CC2)[C@@H](COc2ccccc2)C3)o1)C1CCCCC1. The van der Waals surface area contributed by atoms with E-state index >= 15 is 0 Å². The molecule has 4 fully saturated rings. The Labute approximate surface area is 214 Å². The molecule has 36 heavy (non-hydrogen) atoms. The summed E-state index contributed by atoms with van der Waals surface area (Å²) >= 11 is 0. The second-order valence-electron chi connectivity index (χ2n) is 11.5. The summed E-state index contributed by atoms with van der Waals surface area (Å²) in [5.74, 6) is 3.80. The third-order valence-electron chi connectivity index (χ3n) is 9.22. The summed E-state index contributed by atoms with van der Waals surface area (Å²) in [5, 5.41) is 12.2. The molecule has 0 unspecified atom stereocenters. The largest absolute Gasteiger partial charge is 0.493 e. The first-order chi connectivity index (χ1) is 17.6. The molecule has 2 aromatic carbocycles. The van der Waals surface area contributed by atoms with Gasteiger partial charge in [0.15, 0.2) is 11.4 Å². The van der Waals surface area contributed by atoms with Gasteiger partial charge < -0.3 is 18.7 Å². The molecule has 1 saturated carbocycles. The van der Waals surface area contributed by atoms with Crippen molar-refractivity contribution in [1.82, 2.24) is 4.98 Å². The number of hydrogen-bond donors (Lipinski definition) is 1. The molecule has 1 aliphatic carbocycles. The lowest BCUT2D eigenvalue weighted by atomic mass is 9.73. The van der Waals surface area contributed by atoms with E-state index in [1.165, 1.54) is 32.4 Å². The molecule has 0 amide bonds. The zero-order valence-electron chi connectivity index (χ0n) is 21.2. The second-order valence-corrected chi connectivity index (χ2v) is 11.5. The quantitative estimate of drug-likeness (QED) is 0.400. The first-order valence-corrected chi connectivity index (χ1v) is 13.9. The van der Waals surface area contributed by atoms with E-state index in [0.717, 1.165) is 72.9 Å². The maximum atomic E-state index is 12.2. The van der Waals surface area contributed by atoms with Gasteiger partial charge in [0.2, 0.25) is 5.89 Å². The van der Waals surface area contributed by atoms with E-state index < -0.39 is 5.60 Å². The maximum absolute atomic E-state index is 12.2. The second kappa shape index (κ2) is 10.0. The summed E-state index contributed by atoms with van der Waals surface area (Å²) in [7, 11) is 0. The Kier molecular flexibility index (Phi) is 6.61. The van der Waals surface area contributed by atoms with Crippen LogP contribution in [0.4, 0.5) is 0 Å². The van der Waals surface area contributed by atoms with Gasteiger partial charge in [-0.15, -0.1) is 0 Å². The Morgan fingerprint density at radius 3 is 2.33 bits per heavy atom. The van der Waals surface area contributed by atoms with Crippen molar-refractivity contribution in [2.75, 3.05) is 26.2 Å². The van der Waals surface area contributed by atoms with Crippen molar-refractivity contribution in [3.63, 3.8) is 0 Å². The van der Waals surface area contributed by atoms with Crippen LogP contribution >= 0.6 is 0 Å². The van der Waals surface area contributed by atoms with E-state index in [0.29, 0.717) is 11.8 Å². The number of aliphatic hydroxyl groups is 1. The Balaban J connectivity index is 1.20. The zero-order chi connectivity index (χ0) is 24.4. The number of hydrogen-bond acceptors (Lipinski definition) is 4. The van der Waals surface area contributed by atoms with Crippen molar-refractivity contribution in [2.45, 2.75) is 57.1 Å². The smallest absolute Gasteiger partial charge is 0.231 e. The Morgan fingerprint density at radius 1 is 0.917 bits per heavy atom. The van der Waals surface area contributed by atoms with E-state index in [-0.39, 0.29) is 5.92 Å². The highest BCUT2D eigenvalue weighted by molar-refractivity contribution is 5.30. The molecule has 3 aliphatic heterocycles. The first-order valence-electron chi connectivity index (χ1n) is 13.9. The van der Waals surface area contributed by atoms with Gasteiger partial charge in [0.05, 0.1) is 32.4 Å². The predicted octanol–water partition coefficient (Wildman–Crippen LogP) is 5.93. The van der Waals surface area contributed by atoms with Crippen molar-refractivity contribution < 1.29 is 18.7 Å². The highest BCUT2D eigenvalue weighted by atomic mass is 16.5. The van der Waals surface area contributed by atoms with E-state index in [4.69, 9.17) is 14.1 Å². The van der Waals surface area contributed by atoms with Crippen LogP contribution in [0.5, 0.6) is 5.75 Å². The number of ether oxygens (including phenoxy) is 1. The van der Waals surface area contributed by atoms with Crippen LogP contribution in [-0.2, 0) is 12.1 Å². The lowest BCUT2D eigenvalue weighted by Crippen LogP contribution is -2.62. The highest BCUT2D eigenvalue weighted by Gasteiger charge is 2.48. The van der Waals surface area contributed by atoms with Gasteiger partial charge >= 0.3 is 0 Å². The van der Waals surface area contributed by atoms with Crippen LogP contribution < -0.4 is 4.74 Å². The molecule has 5 heteroatoms. The van der Waals surface area contributed by atoms with Gasteiger partial charge in [-0.25, -0.2) is 4.98 Å². The fourth-order valence-electron chi connectivity index (χ4n) is 7.20. The van der Waals surface area contributed by atoms with Crippen molar-refractivity contribution >= 4 is 0 Å². The first kappa shape index (κ1) is 23.7. The van der Waals surface area contributed by atoms with Gasteiger partial charge in [-0.2, -0.15) is 0 Å². The van der Waals surface area contributed by atoms with Crippen LogP contribution in [0.15, 0.2) is 71.3 Å². The third-order valence-corrected chi connectivity index (χ3v) is 9.22. The van der Waals surface area contributed by atoms with Crippen molar-refractivity contribution in [3.8, 4) is 5.75 Å². The van der Waals surface area contributed by atoms with Gasteiger partial charge in [0, 0.05) is 24.7 Å². The number of piperidine rings is 3. The van der Waals surface area contributed by atoms with E-state index in [2.05, 4.69) is 0 Å². The predicted molar refractivity (Wildman–Crippen MR) is 139 cm³/mol. The minimum Gasteiger partial charge on any atom is -0.493 e. The average Bonchev–Trinajstić information content (AvgIpc) is 3.42. The summed E-state index contributed by atoms with van der Waals surface area (Å²) in [6.07, 6.45) is 9.95. The van der Waals surface area contributed by atoms with Gasteiger partial charge in [-0.3, -0.25) is 0 Å². The molecule has 4 heterocycles. The normalized spacial score (nSPS) is 28.0. The van der Waals surface area contributed by atoms with Crippen LogP contribution in [0, 0.1) is 17.8 Å². The third kappa shape index (κ3) is 4.59. The molecule has 3 aromatic rings. The molecule has 1 N–H and O–H groups in total. The van der Waals surface area contributed by atoms with Crippen molar-refractivity contribution in [2.24, 2.45) is 17.8 Å². The van der Waals surface area contributed by atoms with E-state index in [1.807, 2.05) is 66.9 Å². The summed E-state index contributed by atoms with van der Waals surface area (Å²) in [6.45, 7) is 5.13. The van der Waals surface area contributed by atoms with E-state index in [1.54, 1.807) is 0 Å². The van der Waals surface area contributed by atoms with Crippen molar-refractivity contribution in [1.29, 1.82) is 0 Å². The van der Waals surface area contributed by atoms with Crippen LogP contribution in [-0.4, -0.2) is 40.8 Å². The van der Waals surface area contributed by atoms with Gasteiger partial charge in [0.1, 0.15) is 12.3 Å². The summed E-state index contributed by atoms with van der Waals surface area (Å²) < 4.78 is 13.7. The number of benzene rings is 2. The molecule has 2 bridgehead atoms. The Hall–Kier alpha value is -2.63. The van der Waals surface area contributed by atoms with Gasteiger partial charge in [0.25, 0.3) is 0 Å². The number of oxazole rings is 1. The fourth-order valence-corrected chi connectivity index (χ4v) is 7.20. The van der Waals surface area contributed by atoms with Crippen LogP contribution in [0.3, 0.4) is 0 Å². The molecule has 0 radical (unpaired) electrons. The number of fused-ring (bicyclic) bond motifs is 3. The molecule has 4 aliphatic rings. The lowest BCUT2D eigenvalue weighted by molar-refractivity contribution is -0.960. The van der Waals surface area contributed by atoms with Crippen LogP contribution in [0.2, 0.25) is 0 Å². The zero-order valence-corrected chi connectivity index (χ0v) is 21.2. The molecule has 1 aromatic heterocycles. The number of para-hydroxylation sites is 1. The summed E-state index contributed by atoms with van der Waals surface area (Å²) in [6, 6.07) is 20.2. The molecular formula is C31H39N2O3+. The molecular weight excluding hydrogens is 448 g/mol. The minimum atomic E-state index is -1.17. The summed E-state index contributed by atoms with van der Waals surface area (Å²) in [5.41, 5.74) is -0.268. The molecule has 2 atom stereocenters. The number of quaternary nitrogens is 1. The number of nitrogens with zero attached hydrogens (tertiary/aromatic N) is 2. The maximum Gasteiger partial charge on any atom is 0.231 e. The Morgan fingerprint density at radius 2 is 1.61 bits per heavy atom. The molecule has 190 valence electrons. The fraction of sp³-hybridized carbons (Fsp3) is 0.516. The Bertz CT molecular complexity index is 1120. The molecule has 3 saturated heterocycles. The van der Waals surface area contributed by atoms with Crippen molar-refractivity contribution in [3.05, 3.63) is 84.1 Å².